The lowest BCUT2D eigenvalue weighted by atomic mass is 9.96. The summed E-state index contributed by atoms with van der Waals surface area (Å²) in [4.78, 5) is 52.9. The van der Waals surface area contributed by atoms with Crippen LogP contribution in [-0.4, -0.2) is 61.0 Å². The molecule has 8 heteroatoms. The number of rotatable bonds is 7. The fourth-order valence-corrected chi connectivity index (χ4v) is 4.20. The summed E-state index contributed by atoms with van der Waals surface area (Å²) in [7, 11) is 0. The van der Waals surface area contributed by atoms with Crippen LogP contribution in [-0.2, 0) is 35.1 Å². The van der Waals surface area contributed by atoms with Gasteiger partial charge in [0.25, 0.3) is 5.91 Å². The van der Waals surface area contributed by atoms with Crippen LogP contribution in [0.2, 0.25) is 0 Å². The van der Waals surface area contributed by atoms with Gasteiger partial charge in [-0.15, -0.1) is 0 Å². The van der Waals surface area contributed by atoms with Gasteiger partial charge in [0.2, 0.25) is 5.91 Å². The lowest BCUT2D eigenvalue weighted by molar-refractivity contribution is -0.163. The van der Waals surface area contributed by atoms with Gasteiger partial charge in [-0.3, -0.25) is 19.2 Å². The van der Waals surface area contributed by atoms with Crippen LogP contribution >= 0.6 is 0 Å². The number of hydrogen-bond acceptors (Lipinski definition) is 6. The Bertz CT molecular complexity index is 845. The largest absolute Gasteiger partial charge is 0.466 e. The molecule has 2 heterocycles. The van der Waals surface area contributed by atoms with E-state index in [9.17, 15) is 19.2 Å². The van der Waals surface area contributed by atoms with Gasteiger partial charge in [-0.2, -0.15) is 0 Å². The van der Waals surface area contributed by atoms with Crippen LogP contribution in [0, 0.1) is 11.8 Å². The Morgan fingerprint density at radius 3 is 2.28 bits per heavy atom. The molecule has 2 amide bonds. The summed E-state index contributed by atoms with van der Waals surface area (Å²) < 4.78 is 10.5. The van der Waals surface area contributed by atoms with Crippen LogP contribution < -0.4 is 4.90 Å². The van der Waals surface area contributed by atoms with Crippen LogP contribution in [0.4, 0.5) is 5.69 Å². The molecule has 3 rings (SSSR count). The minimum absolute atomic E-state index is 0.0697. The summed E-state index contributed by atoms with van der Waals surface area (Å²) in [6, 6.07) is 7.72. The van der Waals surface area contributed by atoms with Crippen LogP contribution in [0.1, 0.15) is 45.6 Å². The number of nitrogens with zero attached hydrogens (tertiary/aromatic N) is 2. The second-order valence-corrected chi connectivity index (χ2v) is 8.36. The zero-order valence-corrected chi connectivity index (χ0v) is 19.0. The molecule has 2 atom stereocenters. The van der Waals surface area contributed by atoms with Crippen LogP contribution in [0.15, 0.2) is 24.3 Å². The standard InChI is InChI=1S/C24H32N2O6/c1-4-17-6-8-20(9-7-17)26-15-19(14-21(26)27)24(30)32-16(3)22(28)25-12-10-18(11-13-25)23(29)31-5-2/h6-9,16,18-19H,4-5,10-15H2,1-3H3/t16-,19-/m0/s1. The fourth-order valence-electron chi connectivity index (χ4n) is 4.20. The molecule has 0 aliphatic carbocycles. The Kier molecular flexibility index (Phi) is 7.88. The Hall–Kier alpha value is -2.90. The summed E-state index contributed by atoms with van der Waals surface area (Å²) in [6.07, 6.45) is 1.12. The smallest absolute Gasteiger partial charge is 0.312 e. The quantitative estimate of drug-likeness (QED) is 0.600. The summed E-state index contributed by atoms with van der Waals surface area (Å²) >= 11 is 0. The number of piperidine rings is 1. The zero-order valence-electron chi connectivity index (χ0n) is 19.0. The SMILES string of the molecule is CCOC(=O)C1CCN(C(=O)[C@H](C)OC(=O)[C@H]2CC(=O)N(c3ccc(CC)cc3)C2)CC1. The highest BCUT2D eigenvalue weighted by Crippen LogP contribution is 2.27. The first-order valence-corrected chi connectivity index (χ1v) is 11.4. The van der Waals surface area contributed by atoms with E-state index in [1.165, 1.54) is 5.56 Å². The van der Waals surface area contributed by atoms with E-state index in [1.54, 1.807) is 23.6 Å². The van der Waals surface area contributed by atoms with Gasteiger partial charge in [0.15, 0.2) is 6.10 Å². The monoisotopic (exact) mass is 444 g/mol. The molecule has 2 fully saturated rings. The number of carbonyl (C=O) groups excluding carboxylic acids is 4. The zero-order chi connectivity index (χ0) is 23.3. The maximum absolute atomic E-state index is 12.7. The molecule has 174 valence electrons. The second kappa shape index (κ2) is 10.6. The maximum Gasteiger partial charge on any atom is 0.312 e. The van der Waals surface area contributed by atoms with Gasteiger partial charge in [0, 0.05) is 31.7 Å². The fraction of sp³-hybridized carbons (Fsp3) is 0.583. The van der Waals surface area contributed by atoms with Gasteiger partial charge < -0.3 is 19.3 Å². The second-order valence-electron chi connectivity index (χ2n) is 8.36. The number of benzene rings is 1. The van der Waals surface area contributed by atoms with E-state index in [0.717, 1.165) is 12.1 Å². The third-order valence-corrected chi connectivity index (χ3v) is 6.18. The lowest BCUT2D eigenvalue weighted by Crippen LogP contribution is -2.46. The highest BCUT2D eigenvalue weighted by molar-refractivity contribution is 5.99. The molecule has 2 saturated heterocycles. The molecule has 0 aromatic heterocycles. The van der Waals surface area contributed by atoms with E-state index in [0.29, 0.717) is 32.5 Å². The van der Waals surface area contributed by atoms with Gasteiger partial charge in [0.1, 0.15) is 0 Å². The van der Waals surface area contributed by atoms with Crippen LogP contribution in [0.3, 0.4) is 0 Å². The molecule has 0 spiro atoms. The average Bonchev–Trinajstić information content (AvgIpc) is 3.20. The first-order chi connectivity index (χ1) is 15.3. The van der Waals surface area contributed by atoms with E-state index >= 15 is 0 Å². The topological polar surface area (TPSA) is 93.2 Å². The van der Waals surface area contributed by atoms with Gasteiger partial charge in [-0.05, 0) is 50.8 Å². The van der Waals surface area contributed by atoms with Crippen LogP contribution in [0.25, 0.3) is 0 Å². The molecule has 2 aliphatic heterocycles. The summed E-state index contributed by atoms with van der Waals surface area (Å²) in [6.45, 7) is 6.82. The number of esters is 2. The Morgan fingerprint density at radius 1 is 1.03 bits per heavy atom. The first-order valence-electron chi connectivity index (χ1n) is 11.4. The average molecular weight is 445 g/mol. The number of hydrogen-bond donors (Lipinski definition) is 0. The third kappa shape index (κ3) is 5.47. The van der Waals surface area contributed by atoms with E-state index in [2.05, 4.69) is 6.92 Å². The van der Waals surface area contributed by atoms with Gasteiger partial charge in [-0.1, -0.05) is 19.1 Å². The molecule has 1 aromatic rings. The number of anilines is 1. The molecule has 1 aromatic carbocycles. The molecule has 2 aliphatic rings. The third-order valence-electron chi connectivity index (χ3n) is 6.18. The molecular formula is C24H32N2O6. The van der Waals surface area contributed by atoms with Crippen molar-refractivity contribution < 1.29 is 28.7 Å². The van der Waals surface area contributed by atoms with Crippen molar-refractivity contribution in [2.24, 2.45) is 11.8 Å². The Labute approximate surface area is 188 Å². The normalized spacial score (nSPS) is 20.2. The summed E-state index contributed by atoms with van der Waals surface area (Å²) in [5, 5.41) is 0. The van der Waals surface area contributed by atoms with Gasteiger partial charge in [0.05, 0.1) is 18.4 Å². The molecular weight excluding hydrogens is 412 g/mol. The van der Waals surface area contributed by atoms with Crippen molar-refractivity contribution >= 4 is 29.4 Å². The number of amides is 2. The Balaban J connectivity index is 1.50. The summed E-state index contributed by atoms with van der Waals surface area (Å²) in [5.74, 6) is -1.96. The molecule has 32 heavy (non-hydrogen) atoms. The van der Waals surface area contributed by atoms with Crippen molar-refractivity contribution in [2.45, 2.75) is 52.6 Å². The van der Waals surface area contributed by atoms with Gasteiger partial charge >= 0.3 is 11.9 Å². The predicted octanol–water partition coefficient (Wildman–Crippen LogP) is 2.34. The Morgan fingerprint density at radius 2 is 1.69 bits per heavy atom. The minimum Gasteiger partial charge on any atom is -0.466 e. The van der Waals surface area contributed by atoms with E-state index in [4.69, 9.17) is 9.47 Å². The highest BCUT2D eigenvalue weighted by Gasteiger charge is 2.38. The number of aryl methyl sites for hydroxylation is 1. The van der Waals surface area contributed by atoms with Crippen molar-refractivity contribution in [1.29, 1.82) is 0 Å². The van der Waals surface area contributed by atoms with Crippen molar-refractivity contribution in [3.05, 3.63) is 29.8 Å². The molecule has 0 bridgehead atoms. The molecule has 0 radical (unpaired) electrons. The molecule has 0 unspecified atom stereocenters. The highest BCUT2D eigenvalue weighted by atomic mass is 16.5. The summed E-state index contributed by atoms with van der Waals surface area (Å²) in [5.41, 5.74) is 1.94. The van der Waals surface area contributed by atoms with Crippen molar-refractivity contribution in [1.82, 2.24) is 4.90 Å². The van der Waals surface area contributed by atoms with E-state index in [-0.39, 0.29) is 36.7 Å². The molecule has 8 nitrogen and oxygen atoms in total. The predicted molar refractivity (Wildman–Crippen MR) is 118 cm³/mol. The van der Waals surface area contributed by atoms with E-state index < -0.39 is 18.0 Å². The molecule has 0 saturated carbocycles. The van der Waals surface area contributed by atoms with Crippen molar-refractivity contribution in [2.75, 3.05) is 31.1 Å². The number of likely N-dealkylation sites (tertiary alicyclic amines) is 1. The van der Waals surface area contributed by atoms with Crippen LogP contribution in [0.5, 0.6) is 0 Å². The first kappa shape index (κ1) is 23.8. The van der Waals surface area contributed by atoms with E-state index in [1.807, 2.05) is 24.3 Å². The maximum atomic E-state index is 12.7. The van der Waals surface area contributed by atoms with Gasteiger partial charge in [-0.25, -0.2) is 0 Å². The van der Waals surface area contributed by atoms with Crippen molar-refractivity contribution in [3.8, 4) is 0 Å². The number of carbonyl (C=O) groups is 4. The minimum atomic E-state index is -0.936. The van der Waals surface area contributed by atoms with Crippen molar-refractivity contribution in [3.63, 3.8) is 0 Å². The lowest BCUT2D eigenvalue weighted by Gasteiger charge is -2.32. The number of ether oxygens (including phenoxy) is 2. The molecule has 0 N–H and O–H groups in total.